The number of amides is 1. The second-order valence-corrected chi connectivity index (χ2v) is 9.45. The lowest BCUT2D eigenvalue weighted by molar-refractivity contribution is 0.0597. The standard InChI is InChI=1S/C25H32N2O5/c1-24(2)14-17(15-25(3,4)27-24)26-22(28)16-7-9-18(10-8-16)32-21-12-11-19(30-5)13-20(21)23(29)31-6/h7-13,17,27H,14-15H2,1-6H3,(H,26,28). The third-order valence-corrected chi connectivity index (χ3v) is 5.46. The Morgan fingerprint density at radius 2 is 1.53 bits per heavy atom. The van der Waals surface area contributed by atoms with Gasteiger partial charge in [0, 0.05) is 22.7 Å². The molecule has 172 valence electrons. The van der Waals surface area contributed by atoms with Crippen LogP contribution in [-0.2, 0) is 4.74 Å². The molecule has 0 radical (unpaired) electrons. The predicted octanol–water partition coefficient (Wildman–Crippen LogP) is 4.31. The Morgan fingerprint density at radius 3 is 2.09 bits per heavy atom. The third kappa shape index (κ3) is 5.79. The lowest BCUT2D eigenvalue weighted by atomic mass is 9.79. The van der Waals surface area contributed by atoms with E-state index in [2.05, 4.69) is 38.3 Å². The van der Waals surface area contributed by atoms with Gasteiger partial charge in [-0.2, -0.15) is 0 Å². The van der Waals surface area contributed by atoms with Gasteiger partial charge in [0.05, 0.1) is 14.2 Å². The number of methoxy groups -OCH3 is 2. The van der Waals surface area contributed by atoms with Gasteiger partial charge in [0.15, 0.2) is 0 Å². The molecule has 2 aromatic rings. The fourth-order valence-electron chi connectivity index (χ4n) is 4.49. The summed E-state index contributed by atoms with van der Waals surface area (Å²) in [4.78, 5) is 24.9. The molecule has 0 atom stereocenters. The Hall–Kier alpha value is -3.06. The average Bonchev–Trinajstić information content (AvgIpc) is 2.71. The number of benzene rings is 2. The van der Waals surface area contributed by atoms with E-state index in [0.29, 0.717) is 22.8 Å². The third-order valence-electron chi connectivity index (χ3n) is 5.46. The Labute approximate surface area is 189 Å². The maximum Gasteiger partial charge on any atom is 0.341 e. The van der Waals surface area contributed by atoms with E-state index in [1.807, 2.05) is 0 Å². The molecular formula is C25H32N2O5. The van der Waals surface area contributed by atoms with Crippen molar-refractivity contribution >= 4 is 11.9 Å². The van der Waals surface area contributed by atoms with E-state index >= 15 is 0 Å². The molecule has 0 saturated carbocycles. The minimum absolute atomic E-state index is 0.0485. The van der Waals surface area contributed by atoms with E-state index in [1.165, 1.54) is 14.2 Å². The number of carbonyl (C=O) groups excluding carboxylic acids is 2. The van der Waals surface area contributed by atoms with Gasteiger partial charge >= 0.3 is 5.97 Å². The summed E-state index contributed by atoms with van der Waals surface area (Å²) in [5.41, 5.74) is 0.708. The second-order valence-electron chi connectivity index (χ2n) is 9.45. The van der Waals surface area contributed by atoms with Gasteiger partial charge in [-0.05, 0) is 83.0 Å². The van der Waals surface area contributed by atoms with Crippen LogP contribution >= 0.6 is 0 Å². The predicted molar refractivity (Wildman–Crippen MR) is 123 cm³/mol. The first-order chi connectivity index (χ1) is 15.0. The average molecular weight is 441 g/mol. The van der Waals surface area contributed by atoms with Crippen LogP contribution in [0.1, 0.15) is 61.3 Å². The first-order valence-corrected chi connectivity index (χ1v) is 10.7. The van der Waals surface area contributed by atoms with Crippen LogP contribution in [0.25, 0.3) is 0 Å². The summed E-state index contributed by atoms with van der Waals surface area (Å²) < 4.78 is 15.9. The Bertz CT molecular complexity index is 966. The van der Waals surface area contributed by atoms with Crippen molar-refractivity contribution in [3.63, 3.8) is 0 Å². The van der Waals surface area contributed by atoms with Crippen molar-refractivity contribution in [3.05, 3.63) is 53.6 Å². The topological polar surface area (TPSA) is 85.9 Å². The first-order valence-electron chi connectivity index (χ1n) is 10.7. The molecule has 0 spiro atoms. The normalized spacial score (nSPS) is 17.3. The first kappa shape index (κ1) is 23.6. The fraction of sp³-hybridized carbons (Fsp3) is 0.440. The zero-order chi connectivity index (χ0) is 23.5. The fourth-order valence-corrected chi connectivity index (χ4v) is 4.49. The van der Waals surface area contributed by atoms with E-state index in [0.717, 1.165) is 12.8 Å². The molecule has 7 heteroatoms. The minimum Gasteiger partial charge on any atom is -0.497 e. The summed E-state index contributed by atoms with van der Waals surface area (Å²) in [6.07, 6.45) is 1.72. The number of nitrogens with one attached hydrogen (secondary N) is 2. The number of hydrogen-bond acceptors (Lipinski definition) is 6. The van der Waals surface area contributed by atoms with Crippen LogP contribution in [0.15, 0.2) is 42.5 Å². The summed E-state index contributed by atoms with van der Waals surface area (Å²) in [5, 5.41) is 6.79. The molecule has 2 aromatic carbocycles. The van der Waals surface area contributed by atoms with E-state index < -0.39 is 5.97 Å². The van der Waals surface area contributed by atoms with E-state index in [1.54, 1.807) is 42.5 Å². The van der Waals surface area contributed by atoms with Crippen molar-refractivity contribution in [2.75, 3.05) is 14.2 Å². The summed E-state index contributed by atoms with van der Waals surface area (Å²) in [5.74, 6) is 0.724. The van der Waals surface area contributed by atoms with Gasteiger partial charge in [-0.1, -0.05) is 0 Å². The summed E-state index contributed by atoms with van der Waals surface area (Å²) in [7, 11) is 2.83. The highest BCUT2D eigenvalue weighted by Gasteiger charge is 2.38. The van der Waals surface area contributed by atoms with E-state index in [9.17, 15) is 9.59 Å². The highest BCUT2D eigenvalue weighted by atomic mass is 16.5. The Balaban J connectivity index is 1.70. The van der Waals surface area contributed by atoms with Crippen LogP contribution in [0, 0.1) is 0 Å². The monoisotopic (exact) mass is 440 g/mol. The molecular weight excluding hydrogens is 408 g/mol. The van der Waals surface area contributed by atoms with Crippen LogP contribution in [0.4, 0.5) is 0 Å². The number of ether oxygens (including phenoxy) is 3. The quantitative estimate of drug-likeness (QED) is 0.651. The van der Waals surface area contributed by atoms with Gasteiger partial charge in [0.25, 0.3) is 5.91 Å². The van der Waals surface area contributed by atoms with Crippen LogP contribution in [-0.4, -0.2) is 43.2 Å². The van der Waals surface area contributed by atoms with Crippen molar-refractivity contribution < 1.29 is 23.8 Å². The highest BCUT2D eigenvalue weighted by Crippen LogP contribution is 2.30. The smallest absolute Gasteiger partial charge is 0.341 e. The van der Waals surface area contributed by atoms with Crippen LogP contribution < -0.4 is 20.1 Å². The molecule has 1 fully saturated rings. The lowest BCUT2D eigenvalue weighted by Gasteiger charge is -2.46. The van der Waals surface area contributed by atoms with Crippen molar-refractivity contribution in [1.29, 1.82) is 0 Å². The molecule has 3 rings (SSSR count). The van der Waals surface area contributed by atoms with Gasteiger partial charge in [0.2, 0.25) is 0 Å². The van der Waals surface area contributed by atoms with Gasteiger partial charge in [0.1, 0.15) is 22.8 Å². The van der Waals surface area contributed by atoms with Gasteiger partial charge < -0.3 is 24.8 Å². The van der Waals surface area contributed by atoms with Crippen LogP contribution in [0.3, 0.4) is 0 Å². The summed E-state index contributed by atoms with van der Waals surface area (Å²) in [6.45, 7) is 8.61. The van der Waals surface area contributed by atoms with Crippen LogP contribution in [0.5, 0.6) is 17.2 Å². The molecule has 1 aliphatic heterocycles. The molecule has 7 nitrogen and oxygen atoms in total. The van der Waals surface area contributed by atoms with Gasteiger partial charge in [-0.25, -0.2) is 4.79 Å². The number of carbonyl (C=O) groups is 2. The molecule has 1 saturated heterocycles. The summed E-state index contributed by atoms with van der Waals surface area (Å²) in [6, 6.07) is 11.8. The molecule has 2 N–H and O–H groups in total. The molecule has 1 aliphatic rings. The molecule has 1 heterocycles. The Kier molecular flexibility index (Phi) is 6.79. The Morgan fingerprint density at radius 1 is 0.938 bits per heavy atom. The molecule has 0 aromatic heterocycles. The number of hydrogen-bond donors (Lipinski definition) is 2. The minimum atomic E-state index is -0.525. The van der Waals surface area contributed by atoms with E-state index in [-0.39, 0.29) is 28.6 Å². The molecule has 0 bridgehead atoms. The van der Waals surface area contributed by atoms with Crippen molar-refractivity contribution in [1.82, 2.24) is 10.6 Å². The highest BCUT2D eigenvalue weighted by molar-refractivity contribution is 5.94. The van der Waals surface area contributed by atoms with Crippen molar-refractivity contribution in [3.8, 4) is 17.2 Å². The molecule has 1 amide bonds. The zero-order valence-corrected chi connectivity index (χ0v) is 19.6. The maximum atomic E-state index is 12.8. The zero-order valence-electron chi connectivity index (χ0n) is 19.6. The number of rotatable bonds is 6. The second kappa shape index (κ2) is 9.20. The SMILES string of the molecule is COC(=O)c1cc(OC)ccc1Oc1ccc(C(=O)NC2CC(C)(C)NC(C)(C)C2)cc1. The van der Waals surface area contributed by atoms with Crippen LogP contribution in [0.2, 0.25) is 0 Å². The molecule has 32 heavy (non-hydrogen) atoms. The number of esters is 1. The van der Waals surface area contributed by atoms with Gasteiger partial charge in [-0.3, -0.25) is 4.79 Å². The lowest BCUT2D eigenvalue weighted by Crippen LogP contribution is -2.62. The molecule has 0 unspecified atom stereocenters. The van der Waals surface area contributed by atoms with Crippen molar-refractivity contribution in [2.45, 2.75) is 57.7 Å². The maximum absolute atomic E-state index is 12.8. The largest absolute Gasteiger partial charge is 0.497 e. The van der Waals surface area contributed by atoms with E-state index in [4.69, 9.17) is 14.2 Å². The van der Waals surface area contributed by atoms with Crippen molar-refractivity contribution in [2.24, 2.45) is 0 Å². The van der Waals surface area contributed by atoms with Gasteiger partial charge in [-0.15, -0.1) is 0 Å². The molecule has 0 aliphatic carbocycles. The number of piperidine rings is 1. The summed E-state index contributed by atoms with van der Waals surface area (Å²) >= 11 is 0.